The molecule has 0 aromatic heterocycles. The summed E-state index contributed by atoms with van der Waals surface area (Å²) in [6.07, 6.45) is 3.34. The summed E-state index contributed by atoms with van der Waals surface area (Å²) in [6.45, 7) is 7.46. The van der Waals surface area contributed by atoms with E-state index in [0.29, 0.717) is 17.2 Å². The smallest absolute Gasteiger partial charge is 0.254 e. The summed E-state index contributed by atoms with van der Waals surface area (Å²) in [7, 11) is 0. The van der Waals surface area contributed by atoms with Gasteiger partial charge in [-0.05, 0) is 37.5 Å². The maximum Gasteiger partial charge on any atom is 0.254 e. The molecule has 1 amide bonds. The highest BCUT2D eigenvalue weighted by atomic mass is 32.2. The van der Waals surface area contributed by atoms with Crippen LogP contribution in [-0.2, 0) is 0 Å². The number of amides is 1. The number of carbonyl (C=O) groups is 1. The molecule has 0 radical (unpaired) electrons. The van der Waals surface area contributed by atoms with Crippen LogP contribution < -0.4 is 0 Å². The van der Waals surface area contributed by atoms with Gasteiger partial charge in [-0.25, -0.2) is 0 Å². The van der Waals surface area contributed by atoms with Gasteiger partial charge in [0.15, 0.2) is 0 Å². The van der Waals surface area contributed by atoms with Crippen LogP contribution in [0.3, 0.4) is 0 Å². The van der Waals surface area contributed by atoms with Crippen molar-refractivity contribution in [2.75, 3.05) is 12.3 Å². The number of nitriles is 1. The number of nitrogens with zero attached hydrogens (tertiary/aromatic N) is 2. The zero-order valence-corrected chi connectivity index (χ0v) is 14.4. The molecule has 0 spiro atoms. The molecule has 0 aliphatic carbocycles. The Balaban J connectivity index is 2.12. The van der Waals surface area contributed by atoms with Crippen molar-refractivity contribution in [1.29, 1.82) is 5.26 Å². The summed E-state index contributed by atoms with van der Waals surface area (Å²) in [4.78, 5) is 14.8. The Morgan fingerprint density at radius 1 is 1.41 bits per heavy atom. The third-order valence-corrected chi connectivity index (χ3v) is 5.25. The van der Waals surface area contributed by atoms with Crippen molar-refractivity contribution in [2.24, 2.45) is 0 Å². The highest BCUT2D eigenvalue weighted by Gasteiger charge is 2.28. The minimum Gasteiger partial charge on any atom is -0.335 e. The van der Waals surface area contributed by atoms with E-state index in [9.17, 15) is 4.79 Å². The van der Waals surface area contributed by atoms with Crippen molar-refractivity contribution in [1.82, 2.24) is 4.90 Å². The quantitative estimate of drug-likeness (QED) is 0.844. The van der Waals surface area contributed by atoms with Gasteiger partial charge in [0.2, 0.25) is 0 Å². The van der Waals surface area contributed by atoms with Crippen molar-refractivity contribution >= 4 is 17.7 Å². The topological polar surface area (TPSA) is 44.1 Å². The minimum atomic E-state index is 0.0660. The molecule has 1 aromatic carbocycles. The molecule has 0 saturated carbocycles. The molecule has 1 aromatic rings. The van der Waals surface area contributed by atoms with Crippen LogP contribution >= 0.6 is 11.8 Å². The van der Waals surface area contributed by atoms with Crippen LogP contribution in [0, 0.1) is 11.3 Å². The Morgan fingerprint density at radius 2 is 2.18 bits per heavy atom. The van der Waals surface area contributed by atoms with Crippen LogP contribution in [0.4, 0.5) is 0 Å². The zero-order valence-electron chi connectivity index (χ0n) is 13.6. The third-order valence-electron chi connectivity index (χ3n) is 3.84. The molecule has 1 heterocycles. The molecule has 0 unspecified atom stereocenters. The lowest BCUT2D eigenvalue weighted by Crippen LogP contribution is -2.45. The van der Waals surface area contributed by atoms with E-state index in [-0.39, 0.29) is 10.7 Å². The monoisotopic (exact) mass is 316 g/mol. The van der Waals surface area contributed by atoms with Gasteiger partial charge in [-0.15, -0.1) is 0 Å². The maximum absolute atomic E-state index is 12.8. The second-order valence-electron chi connectivity index (χ2n) is 6.76. The van der Waals surface area contributed by atoms with Gasteiger partial charge < -0.3 is 4.90 Å². The predicted octanol–water partition coefficient (Wildman–Crippen LogP) is 4.08. The number of thioether (sulfide) groups is 1. The van der Waals surface area contributed by atoms with Crippen LogP contribution in [0.2, 0.25) is 0 Å². The van der Waals surface area contributed by atoms with Crippen molar-refractivity contribution < 1.29 is 4.79 Å². The number of likely N-dealkylation sites (tertiary alicyclic amines) is 1. The molecule has 1 fully saturated rings. The Morgan fingerprint density at radius 3 is 2.86 bits per heavy atom. The largest absolute Gasteiger partial charge is 0.335 e. The molecule has 1 atom stereocenters. The first-order chi connectivity index (χ1) is 10.4. The second kappa shape index (κ2) is 7.19. The van der Waals surface area contributed by atoms with Gasteiger partial charge in [-0.1, -0.05) is 26.8 Å². The van der Waals surface area contributed by atoms with Gasteiger partial charge in [0.25, 0.3) is 5.91 Å². The van der Waals surface area contributed by atoms with E-state index in [4.69, 9.17) is 5.26 Å². The highest BCUT2D eigenvalue weighted by Crippen LogP contribution is 2.29. The molecule has 3 nitrogen and oxygen atoms in total. The van der Waals surface area contributed by atoms with Gasteiger partial charge in [0, 0.05) is 28.6 Å². The first kappa shape index (κ1) is 16.9. The number of hydrogen-bond acceptors (Lipinski definition) is 3. The fraction of sp³-hybridized carbons (Fsp3) is 0.556. The molecule has 1 saturated heterocycles. The molecule has 0 N–H and O–H groups in total. The fourth-order valence-electron chi connectivity index (χ4n) is 2.67. The lowest BCUT2D eigenvalue weighted by molar-refractivity contribution is 0.0640. The lowest BCUT2D eigenvalue weighted by atomic mass is 10.0. The number of benzene rings is 1. The molecule has 118 valence electrons. The lowest BCUT2D eigenvalue weighted by Gasteiger charge is -2.37. The summed E-state index contributed by atoms with van der Waals surface area (Å²) in [5, 5.41) is 9.00. The SMILES string of the molecule is CC(C)(C)SC[C@@H]1CCCCN1C(=O)c1cccc(C#N)c1. The number of hydrogen-bond donors (Lipinski definition) is 0. The normalized spacial score (nSPS) is 18.8. The van der Waals surface area contributed by atoms with Gasteiger partial charge in [-0.2, -0.15) is 17.0 Å². The van der Waals surface area contributed by atoms with E-state index in [2.05, 4.69) is 26.8 Å². The van der Waals surface area contributed by atoms with Crippen molar-refractivity contribution in [2.45, 2.75) is 50.8 Å². The molecule has 0 bridgehead atoms. The summed E-state index contributed by atoms with van der Waals surface area (Å²) in [5.41, 5.74) is 1.18. The van der Waals surface area contributed by atoms with Crippen molar-refractivity contribution in [3.8, 4) is 6.07 Å². The first-order valence-electron chi connectivity index (χ1n) is 7.86. The average molecular weight is 316 g/mol. The Hall–Kier alpha value is -1.47. The van der Waals surface area contributed by atoms with E-state index in [1.807, 2.05) is 22.7 Å². The Kier molecular flexibility index (Phi) is 5.52. The molecule has 1 aliphatic rings. The summed E-state index contributed by atoms with van der Waals surface area (Å²) in [6, 6.07) is 9.44. The summed E-state index contributed by atoms with van der Waals surface area (Å²) in [5.74, 6) is 1.05. The number of carbonyl (C=O) groups excluding carboxylic acids is 1. The van der Waals surface area contributed by atoms with E-state index in [1.54, 1.807) is 18.2 Å². The Labute approximate surface area is 137 Å². The second-order valence-corrected chi connectivity index (χ2v) is 8.61. The van der Waals surface area contributed by atoms with Gasteiger partial charge in [0.1, 0.15) is 0 Å². The summed E-state index contributed by atoms with van der Waals surface area (Å²) < 4.78 is 0.215. The predicted molar refractivity (Wildman–Crippen MR) is 92.0 cm³/mol. The highest BCUT2D eigenvalue weighted by molar-refractivity contribution is 8.00. The number of rotatable bonds is 3. The minimum absolute atomic E-state index is 0.0660. The van der Waals surface area contributed by atoms with Crippen LogP contribution in [-0.4, -0.2) is 33.9 Å². The van der Waals surface area contributed by atoms with E-state index >= 15 is 0 Å². The Bertz CT molecular complexity index is 571. The van der Waals surface area contributed by atoms with Crippen molar-refractivity contribution in [3.05, 3.63) is 35.4 Å². The van der Waals surface area contributed by atoms with Gasteiger partial charge >= 0.3 is 0 Å². The number of piperidine rings is 1. The van der Waals surface area contributed by atoms with Crippen LogP contribution in [0.25, 0.3) is 0 Å². The van der Waals surface area contributed by atoms with Crippen LogP contribution in [0.1, 0.15) is 56.0 Å². The standard InChI is InChI=1S/C18H24N2OS/c1-18(2,3)22-13-16-9-4-5-10-20(16)17(21)15-8-6-7-14(11-15)12-19/h6-8,11,16H,4-5,9-10,13H2,1-3H3/t16-/m0/s1. The van der Waals surface area contributed by atoms with Crippen molar-refractivity contribution in [3.63, 3.8) is 0 Å². The van der Waals surface area contributed by atoms with Gasteiger partial charge in [-0.3, -0.25) is 4.79 Å². The zero-order chi connectivity index (χ0) is 16.2. The molecular weight excluding hydrogens is 292 g/mol. The maximum atomic E-state index is 12.8. The molecular formula is C18H24N2OS. The average Bonchev–Trinajstić information content (AvgIpc) is 2.52. The molecule has 22 heavy (non-hydrogen) atoms. The van der Waals surface area contributed by atoms with Crippen LogP contribution in [0.5, 0.6) is 0 Å². The fourth-order valence-corrected chi connectivity index (χ4v) is 3.71. The van der Waals surface area contributed by atoms with Gasteiger partial charge in [0.05, 0.1) is 11.6 Å². The van der Waals surface area contributed by atoms with E-state index in [1.165, 1.54) is 6.42 Å². The molecule has 1 aliphatic heterocycles. The first-order valence-corrected chi connectivity index (χ1v) is 8.84. The summed E-state index contributed by atoms with van der Waals surface area (Å²) >= 11 is 1.92. The van der Waals surface area contributed by atoms with Crippen LogP contribution in [0.15, 0.2) is 24.3 Å². The van der Waals surface area contributed by atoms with E-state index < -0.39 is 0 Å². The molecule has 2 rings (SSSR count). The molecule has 4 heteroatoms. The third kappa shape index (κ3) is 4.51. The van der Waals surface area contributed by atoms with E-state index in [0.717, 1.165) is 25.1 Å².